The van der Waals surface area contributed by atoms with Gasteiger partial charge in [0.1, 0.15) is 5.82 Å². The molecular formula is C18H23N7O. The number of nitrogens with two attached hydrogens (primary N) is 1. The maximum atomic E-state index is 6.16. The summed E-state index contributed by atoms with van der Waals surface area (Å²) in [6.45, 7) is 6.74. The minimum absolute atomic E-state index is 0.323. The number of pyridine rings is 1. The Bertz CT molecular complexity index is 902. The molecule has 1 aliphatic rings. The van der Waals surface area contributed by atoms with Crippen LogP contribution < -0.4 is 11.1 Å². The Hall–Kier alpha value is -2.74. The number of likely N-dealkylation sites (tertiary alicyclic amines) is 1. The zero-order valence-corrected chi connectivity index (χ0v) is 15.1. The molecule has 0 saturated carbocycles. The molecule has 0 bridgehead atoms. The SMILES string of the molecule is Cc1cc(C)c2c(N)nc(NC3CCN(Cc4ccno4)CC3)nc2n1. The van der Waals surface area contributed by atoms with Gasteiger partial charge in [0.15, 0.2) is 11.4 Å². The Kier molecular flexibility index (Phi) is 4.42. The molecule has 1 saturated heterocycles. The first-order valence-corrected chi connectivity index (χ1v) is 8.88. The van der Waals surface area contributed by atoms with Gasteiger partial charge < -0.3 is 15.6 Å². The Balaban J connectivity index is 1.43. The van der Waals surface area contributed by atoms with Crippen molar-refractivity contribution in [1.82, 2.24) is 25.0 Å². The van der Waals surface area contributed by atoms with Crippen LogP contribution in [0, 0.1) is 13.8 Å². The average Bonchev–Trinajstić information content (AvgIpc) is 3.08. The Labute approximate surface area is 151 Å². The normalized spacial score (nSPS) is 16.2. The zero-order chi connectivity index (χ0) is 18.1. The highest BCUT2D eigenvalue weighted by molar-refractivity contribution is 5.89. The summed E-state index contributed by atoms with van der Waals surface area (Å²) >= 11 is 0. The van der Waals surface area contributed by atoms with E-state index in [0.29, 0.717) is 23.5 Å². The van der Waals surface area contributed by atoms with Crippen LogP contribution in [0.15, 0.2) is 22.9 Å². The van der Waals surface area contributed by atoms with Crippen molar-refractivity contribution in [3.63, 3.8) is 0 Å². The van der Waals surface area contributed by atoms with Gasteiger partial charge in [0, 0.05) is 30.9 Å². The van der Waals surface area contributed by atoms with Crippen molar-refractivity contribution >= 4 is 22.8 Å². The Morgan fingerprint density at radius 3 is 2.77 bits per heavy atom. The number of anilines is 2. The van der Waals surface area contributed by atoms with Crippen LogP contribution >= 0.6 is 0 Å². The number of piperidine rings is 1. The monoisotopic (exact) mass is 353 g/mol. The summed E-state index contributed by atoms with van der Waals surface area (Å²) in [7, 11) is 0. The highest BCUT2D eigenvalue weighted by Gasteiger charge is 2.21. The van der Waals surface area contributed by atoms with Crippen molar-refractivity contribution in [2.45, 2.75) is 39.3 Å². The molecule has 0 atom stereocenters. The molecule has 0 spiro atoms. The molecule has 4 heterocycles. The molecule has 0 amide bonds. The van der Waals surface area contributed by atoms with Gasteiger partial charge in [-0.05, 0) is 38.3 Å². The molecule has 136 valence electrons. The minimum atomic E-state index is 0.323. The van der Waals surface area contributed by atoms with Crippen LogP contribution in [-0.4, -0.2) is 44.1 Å². The lowest BCUT2D eigenvalue weighted by Gasteiger charge is -2.31. The Morgan fingerprint density at radius 1 is 1.23 bits per heavy atom. The maximum absolute atomic E-state index is 6.16. The van der Waals surface area contributed by atoms with Gasteiger partial charge in [0.25, 0.3) is 0 Å². The van der Waals surface area contributed by atoms with E-state index >= 15 is 0 Å². The number of hydrogen-bond donors (Lipinski definition) is 2. The van der Waals surface area contributed by atoms with Gasteiger partial charge in [-0.1, -0.05) is 5.16 Å². The number of aromatic nitrogens is 4. The molecule has 3 N–H and O–H groups in total. The van der Waals surface area contributed by atoms with Crippen LogP contribution in [0.1, 0.15) is 29.9 Å². The van der Waals surface area contributed by atoms with Gasteiger partial charge in [0.05, 0.1) is 18.1 Å². The van der Waals surface area contributed by atoms with E-state index in [1.54, 1.807) is 6.20 Å². The molecule has 0 aromatic carbocycles. The first-order chi connectivity index (χ1) is 12.6. The van der Waals surface area contributed by atoms with E-state index in [4.69, 9.17) is 10.3 Å². The van der Waals surface area contributed by atoms with Gasteiger partial charge in [0.2, 0.25) is 5.95 Å². The lowest BCUT2D eigenvalue weighted by molar-refractivity contribution is 0.189. The van der Waals surface area contributed by atoms with Crippen LogP contribution in [0.3, 0.4) is 0 Å². The second kappa shape index (κ2) is 6.87. The van der Waals surface area contributed by atoms with E-state index in [0.717, 1.165) is 54.9 Å². The number of aryl methyl sites for hydroxylation is 2. The molecule has 26 heavy (non-hydrogen) atoms. The molecule has 4 rings (SSSR count). The summed E-state index contributed by atoms with van der Waals surface area (Å²) in [5.74, 6) is 1.94. The van der Waals surface area contributed by atoms with Crippen LogP contribution in [0.25, 0.3) is 11.0 Å². The number of nitrogens with zero attached hydrogens (tertiary/aromatic N) is 5. The van der Waals surface area contributed by atoms with Crippen LogP contribution in [-0.2, 0) is 6.54 Å². The van der Waals surface area contributed by atoms with E-state index in [-0.39, 0.29) is 0 Å². The summed E-state index contributed by atoms with van der Waals surface area (Å²) < 4.78 is 5.18. The number of fused-ring (bicyclic) bond motifs is 1. The average molecular weight is 353 g/mol. The fourth-order valence-corrected chi connectivity index (χ4v) is 3.54. The van der Waals surface area contributed by atoms with E-state index < -0.39 is 0 Å². The largest absolute Gasteiger partial charge is 0.383 e. The summed E-state index contributed by atoms with van der Waals surface area (Å²) in [6, 6.07) is 4.23. The molecule has 8 nitrogen and oxygen atoms in total. The van der Waals surface area contributed by atoms with Gasteiger partial charge in [-0.15, -0.1) is 0 Å². The van der Waals surface area contributed by atoms with Crippen LogP contribution in [0.5, 0.6) is 0 Å². The van der Waals surface area contributed by atoms with E-state index in [1.165, 1.54) is 0 Å². The van der Waals surface area contributed by atoms with Crippen molar-refractivity contribution in [1.29, 1.82) is 0 Å². The van der Waals surface area contributed by atoms with E-state index in [2.05, 4.69) is 30.3 Å². The molecule has 0 unspecified atom stereocenters. The standard InChI is InChI=1S/C18H23N7O/c1-11-9-12(2)21-17-15(11)16(19)23-18(24-17)22-13-4-7-25(8-5-13)10-14-3-6-20-26-14/h3,6,9,13H,4-5,7-8,10H2,1-2H3,(H3,19,21,22,23,24). The first kappa shape index (κ1) is 16.7. The molecule has 1 fully saturated rings. The van der Waals surface area contributed by atoms with Crippen molar-refractivity contribution in [3.05, 3.63) is 35.3 Å². The third kappa shape index (κ3) is 3.45. The molecule has 0 aliphatic carbocycles. The predicted octanol–water partition coefficient (Wildman–Crippen LogP) is 2.29. The highest BCUT2D eigenvalue weighted by atomic mass is 16.5. The van der Waals surface area contributed by atoms with E-state index in [9.17, 15) is 0 Å². The maximum Gasteiger partial charge on any atom is 0.226 e. The molecule has 8 heteroatoms. The van der Waals surface area contributed by atoms with Gasteiger partial charge in [-0.2, -0.15) is 9.97 Å². The number of nitrogen functional groups attached to an aromatic ring is 1. The summed E-state index contributed by atoms with van der Waals surface area (Å²) in [4.78, 5) is 15.9. The van der Waals surface area contributed by atoms with Crippen molar-refractivity contribution < 1.29 is 4.52 Å². The quantitative estimate of drug-likeness (QED) is 0.736. The van der Waals surface area contributed by atoms with Crippen LogP contribution in [0.2, 0.25) is 0 Å². The molecule has 0 radical (unpaired) electrons. The van der Waals surface area contributed by atoms with Crippen LogP contribution in [0.4, 0.5) is 11.8 Å². The fourth-order valence-electron chi connectivity index (χ4n) is 3.54. The first-order valence-electron chi connectivity index (χ1n) is 8.88. The smallest absolute Gasteiger partial charge is 0.226 e. The van der Waals surface area contributed by atoms with Crippen molar-refractivity contribution in [2.24, 2.45) is 0 Å². The number of nitrogens with one attached hydrogen (secondary N) is 1. The second-order valence-electron chi connectivity index (χ2n) is 6.89. The van der Waals surface area contributed by atoms with Gasteiger partial charge in [-0.25, -0.2) is 4.98 Å². The minimum Gasteiger partial charge on any atom is -0.383 e. The summed E-state index contributed by atoms with van der Waals surface area (Å²) in [5.41, 5.74) is 8.79. The second-order valence-corrected chi connectivity index (χ2v) is 6.89. The van der Waals surface area contributed by atoms with Gasteiger partial charge in [-0.3, -0.25) is 4.90 Å². The lowest BCUT2D eigenvalue weighted by Crippen LogP contribution is -2.38. The topological polar surface area (TPSA) is 106 Å². The Morgan fingerprint density at radius 2 is 2.04 bits per heavy atom. The van der Waals surface area contributed by atoms with Gasteiger partial charge >= 0.3 is 0 Å². The number of rotatable bonds is 4. The van der Waals surface area contributed by atoms with Crippen molar-refractivity contribution in [2.75, 3.05) is 24.1 Å². The molecule has 3 aromatic heterocycles. The molecule has 1 aliphatic heterocycles. The van der Waals surface area contributed by atoms with E-state index in [1.807, 2.05) is 26.0 Å². The van der Waals surface area contributed by atoms with Crippen molar-refractivity contribution in [3.8, 4) is 0 Å². The summed E-state index contributed by atoms with van der Waals surface area (Å²) in [5, 5.41) is 8.02. The highest BCUT2D eigenvalue weighted by Crippen LogP contribution is 2.24. The fraction of sp³-hybridized carbons (Fsp3) is 0.444. The predicted molar refractivity (Wildman–Crippen MR) is 99.6 cm³/mol. The molecular weight excluding hydrogens is 330 g/mol. The lowest BCUT2D eigenvalue weighted by atomic mass is 10.1. The summed E-state index contributed by atoms with van der Waals surface area (Å²) in [6.07, 6.45) is 3.70. The third-order valence-corrected chi connectivity index (χ3v) is 4.81. The molecule has 3 aromatic rings. The zero-order valence-electron chi connectivity index (χ0n) is 15.1. The number of hydrogen-bond acceptors (Lipinski definition) is 8. The third-order valence-electron chi connectivity index (χ3n) is 4.81.